The normalized spacial score (nSPS) is 19.1. The fourth-order valence-corrected chi connectivity index (χ4v) is 5.76. The second-order valence-electron chi connectivity index (χ2n) is 10.5. The quantitative estimate of drug-likeness (QED) is 0.141. The minimum atomic E-state index is -4.69. The molecule has 1 heterocycles. The summed E-state index contributed by atoms with van der Waals surface area (Å²) < 4.78 is 45.7. The highest BCUT2D eigenvalue weighted by atomic mass is 31.2. The molecular weight excluding hydrogens is 605 g/mol. The van der Waals surface area contributed by atoms with Crippen LogP contribution in [0.5, 0.6) is 17.2 Å². The number of hydrogen-bond donors (Lipinski definition) is 3. The average molecular weight is 644 g/mol. The van der Waals surface area contributed by atoms with Gasteiger partial charge < -0.3 is 34.7 Å². The minimum Gasteiger partial charge on any atom is -0.489 e. The fraction of sp³-hybridized carbons (Fsp3) is 0.375. The third kappa shape index (κ3) is 11.0. The maximum absolute atomic E-state index is 12.6. The van der Waals surface area contributed by atoms with Gasteiger partial charge in [-0.05, 0) is 67.6 Å². The predicted molar refractivity (Wildman–Crippen MR) is 163 cm³/mol. The Labute approximate surface area is 261 Å². The van der Waals surface area contributed by atoms with Crippen LogP contribution in [0.3, 0.4) is 0 Å². The molecule has 0 amide bonds. The lowest BCUT2D eigenvalue weighted by atomic mass is 10.1. The van der Waals surface area contributed by atoms with E-state index >= 15 is 0 Å². The molecule has 1 unspecified atom stereocenters. The van der Waals surface area contributed by atoms with Crippen LogP contribution in [0.1, 0.15) is 37.3 Å². The SMILES string of the molecule is C[C@H](OP(=O)(O)O[C@H]1CCCO[C@@H]1COC(=O)CCc1ccccc1OCc1cccc(Oc2ccccc2)c1)[C@H](N)C(=O)O. The number of carboxylic acid groups (broad SMARTS) is 1. The summed E-state index contributed by atoms with van der Waals surface area (Å²) in [6.07, 6.45) is -1.70. The van der Waals surface area contributed by atoms with Crippen LogP contribution >= 0.6 is 7.82 Å². The molecule has 3 aromatic carbocycles. The molecule has 13 heteroatoms. The summed E-state index contributed by atoms with van der Waals surface area (Å²) in [5.74, 6) is 0.189. The zero-order valence-corrected chi connectivity index (χ0v) is 25.8. The Hall–Kier alpha value is -3.77. The van der Waals surface area contributed by atoms with Crippen molar-refractivity contribution >= 4 is 19.8 Å². The van der Waals surface area contributed by atoms with Gasteiger partial charge in [0.2, 0.25) is 0 Å². The van der Waals surface area contributed by atoms with E-state index < -0.39 is 44.1 Å². The number of rotatable bonds is 16. The van der Waals surface area contributed by atoms with Gasteiger partial charge in [-0.3, -0.25) is 18.6 Å². The molecule has 3 aromatic rings. The van der Waals surface area contributed by atoms with E-state index in [0.717, 1.165) is 16.9 Å². The van der Waals surface area contributed by atoms with E-state index in [-0.39, 0.29) is 13.0 Å². The minimum absolute atomic E-state index is 0.0607. The smallest absolute Gasteiger partial charge is 0.472 e. The monoisotopic (exact) mass is 643 g/mol. The van der Waals surface area contributed by atoms with Crippen molar-refractivity contribution in [1.29, 1.82) is 0 Å². The summed E-state index contributed by atoms with van der Waals surface area (Å²) in [7, 11) is -4.69. The molecule has 0 aromatic heterocycles. The van der Waals surface area contributed by atoms with Gasteiger partial charge in [-0.1, -0.05) is 48.5 Å². The van der Waals surface area contributed by atoms with Crippen molar-refractivity contribution in [2.75, 3.05) is 13.2 Å². The van der Waals surface area contributed by atoms with E-state index in [1.807, 2.05) is 78.9 Å². The fourth-order valence-electron chi connectivity index (χ4n) is 4.58. The van der Waals surface area contributed by atoms with Crippen molar-refractivity contribution in [2.45, 2.75) is 63.6 Å². The zero-order valence-electron chi connectivity index (χ0n) is 24.9. The summed E-state index contributed by atoms with van der Waals surface area (Å²) in [5, 5.41) is 8.99. The lowest BCUT2D eigenvalue weighted by Gasteiger charge is -2.32. The molecule has 1 aliphatic heterocycles. The van der Waals surface area contributed by atoms with Gasteiger partial charge in [-0.2, -0.15) is 0 Å². The van der Waals surface area contributed by atoms with Crippen LogP contribution < -0.4 is 15.2 Å². The first-order valence-electron chi connectivity index (χ1n) is 14.6. The number of nitrogens with two attached hydrogens (primary N) is 1. The first-order valence-corrected chi connectivity index (χ1v) is 16.1. The van der Waals surface area contributed by atoms with Gasteiger partial charge >= 0.3 is 19.8 Å². The van der Waals surface area contributed by atoms with E-state index in [1.54, 1.807) is 0 Å². The van der Waals surface area contributed by atoms with Crippen molar-refractivity contribution < 1.29 is 52.1 Å². The number of ether oxygens (including phenoxy) is 4. The van der Waals surface area contributed by atoms with Crippen molar-refractivity contribution in [2.24, 2.45) is 5.73 Å². The van der Waals surface area contributed by atoms with Crippen LogP contribution in [0.4, 0.5) is 0 Å². The topological polar surface area (TPSA) is 173 Å². The number of carboxylic acids is 1. The number of aliphatic carboxylic acids is 1. The van der Waals surface area contributed by atoms with Gasteiger partial charge in [0.05, 0.1) is 12.2 Å². The van der Waals surface area contributed by atoms with Crippen LogP contribution in [0.25, 0.3) is 0 Å². The number of carbonyl (C=O) groups is 2. The number of carbonyl (C=O) groups excluding carboxylic acids is 1. The Morgan fingerprint density at radius 2 is 1.78 bits per heavy atom. The number of aryl methyl sites for hydroxylation is 1. The molecule has 1 fully saturated rings. The van der Waals surface area contributed by atoms with E-state index in [1.165, 1.54) is 6.92 Å². The van der Waals surface area contributed by atoms with Crippen LogP contribution in [-0.4, -0.2) is 59.5 Å². The largest absolute Gasteiger partial charge is 0.489 e. The summed E-state index contributed by atoms with van der Waals surface area (Å²) in [5.41, 5.74) is 7.20. The molecule has 45 heavy (non-hydrogen) atoms. The van der Waals surface area contributed by atoms with E-state index in [4.69, 9.17) is 38.8 Å². The maximum atomic E-state index is 12.6. The van der Waals surface area contributed by atoms with Crippen molar-refractivity contribution in [1.82, 2.24) is 0 Å². The van der Waals surface area contributed by atoms with Gasteiger partial charge in [0.15, 0.2) is 0 Å². The maximum Gasteiger partial charge on any atom is 0.472 e. The van der Waals surface area contributed by atoms with E-state index in [2.05, 4.69) is 0 Å². The number of hydrogen-bond acceptors (Lipinski definition) is 10. The molecule has 242 valence electrons. The molecule has 4 rings (SSSR count). The average Bonchev–Trinajstić information content (AvgIpc) is 3.02. The molecule has 1 aliphatic rings. The molecule has 0 aliphatic carbocycles. The van der Waals surface area contributed by atoms with Crippen molar-refractivity contribution in [3.63, 3.8) is 0 Å². The van der Waals surface area contributed by atoms with Crippen LogP contribution in [-0.2, 0) is 45.7 Å². The molecule has 5 atom stereocenters. The molecule has 0 saturated carbocycles. The third-order valence-electron chi connectivity index (χ3n) is 6.99. The third-order valence-corrected chi connectivity index (χ3v) is 8.13. The Bertz CT molecular complexity index is 1450. The Kier molecular flexibility index (Phi) is 12.5. The van der Waals surface area contributed by atoms with E-state index in [0.29, 0.717) is 44.0 Å². The highest BCUT2D eigenvalue weighted by Gasteiger charge is 2.38. The summed E-state index contributed by atoms with van der Waals surface area (Å²) in [6.45, 7) is 1.70. The molecule has 0 radical (unpaired) electrons. The lowest BCUT2D eigenvalue weighted by molar-refractivity contribution is -0.154. The second-order valence-corrected chi connectivity index (χ2v) is 11.8. The number of para-hydroxylation sites is 2. The second kappa shape index (κ2) is 16.5. The molecule has 1 saturated heterocycles. The Morgan fingerprint density at radius 1 is 1.04 bits per heavy atom. The highest BCUT2D eigenvalue weighted by Crippen LogP contribution is 2.48. The van der Waals surface area contributed by atoms with Crippen LogP contribution in [0.2, 0.25) is 0 Å². The molecule has 12 nitrogen and oxygen atoms in total. The summed E-state index contributed by atoms with van der Waals surface area (Å²) >= 11 is 0. The lowest BCUT2D eigenvalue weighted by Crippen LogP contribution is -2.42. The van der Waals surface area contributed by atoms with Gasteiger partial charge in [0.25, 0.3) is 0 Å². The number of phosphoric ester groups is 1. The van der Waals surface area contributed by atoms with Gasteiger partial charge in [-0.25, -0.2) is 4.57 Å². The van der Waals surface area contributed by atoms with Crippen LogP contribution in [0, 0.1) is 0 Å². The Morgan fingerprint density at radius 3 is 2.56 bits per heavy atom. The zero-order chi connectivity index (χ0) is 32.2. The van der Waals surface area contributed by atoms with Crippen LogP contribution in [0.15, 0.2) is 78.9 Å². The van der Waals surface area contributed by atoms with Crippen molar-refractivity contribution in [3.8, 4) is 17.2 Å². The highest BCUT2D eigenvalue weighted by molar-refractivity contribution is 7.47. The van der Waals surface area contributed by atoms with Gasteiger partial charge in [0, 0.05) is 13.0 Å². The van der Waals surface area contributed by atoms with Crippen molar-refractivity contribution in [3.05, 3.63) is 90.0 Å². The summed E-state index contributed by atoms with van der Waals surface area (Å²) in [6, 6.07) is 23.0. The van der Waals surface area contributed by atoms with Gasteiger partial charge in [0.1, 0.15) is 42.6 Å². The van der Waals surface area contributed by atoms with Gasteiger partial charge in [-0.15, -0.1) is 0 Å². The molecule has 0 spiro atoms. The first-order chi connectivity index (χ1) is 21.6. The van der Waals surface area contributed by atoms with E-state index in [9.17, 15) is 19.0 Å². The molecular formula is C32H38NO11P. The number of phosphoric acid groups is 1. The first kappa shape index (κ1) is 34.1. The number of benzene rings is 3. The molecule has 4 N–H and O–H groups in total. The molecule has 0 bridgehead atoms. The predicted octanol–water partition coefficient (Wildman–Crippen LogP) is 5.02. The summed E-state index contributed by atoms with van der Waals surface area (Å²) in [4.78, 5) is 33.9. The number of esters is 1. The standard InChI is InChI=1S/C32H38NO11P/c1-22(31(33)32(35)36)43-45(37,38)44-28-15-8-18-39-29(28)21-41-30(34)17-16-24-10-5-6-14-27(24)40-20-23-9-7-13-26(19-23)42-25-11-3-2-4-12-25/h2-7,9-14,19,22,28-29,31H,8,15-18,20-21,33H2,1H3,(H,35,36)(H,37,38)/t22-,28-,29+,31-/m0/s1. The Balaban J connectivity index is 1.26.